The number of likely N-dealkylation sites (tertiary alicyclic amines) is 1. The van der Waals surface area contributed by atoms with Crippen molar-refractivity contribution in [2.45, 2.75) is 12.5 Å². The van der Waals surface area contributed by atoms with Gasteiger partial charge in [-0.3, -0.25) is 0 Å². The number of nitrogens with zero attached hydrogens (tertiary/aromatic N) is 1. The highest BCUT2D eigenvalue weighted by atomic mass is 16.5. The maximum absolute atomic E-state index is 6.19. The highest BCUT2D eigenvalue weighted by Crippen LogP contribution is 2.42. The molecule has 3 heteroatoms. The molecule has 2 rings (SSSR count). The molecule has 0 radical (unpaired) electrons. The van der Waals surface area contributed by atoms with Gasteiger partial charge in [0.05, 0.1) is 13.2 Å². The Bertz CT molecular complexity index is 175. The largest absolute Gasteiger partial charge is 0.380 e. The van der Waals surface area contributed by atoms with Crippen molar-refractivity contribution >= 4 is 0 Å². The molecule has 0 bridgehead atoms. The first kappa shape index (κ1) is 7.53. The summed E-state index contributed by atoms with van der Waals surface area (Å²) in [5.41, 5.74) is 6.41. The Balaban J connectivity index is 2.20. The van der Waals surface area contributed by atoms with Gasteiger partial charge in [-0.2, -0.15) is 0 Å². The fraction of sp³-hybridized carbons (Fsp3) is 1.00. The number of hydrogen-bond acceptors (Lipinski definition) is 3. The lowest BCUT2D eigenvalue weighted by Gasteiger charge is -2.46. The van der Waals surface area contributed by atoms with E-state index in [-0.39, 0.29) is 11.0 Å². The summed E-state index contributed by atoms with van der Waals surface area (Å²) in [5, 5.41) is 0. The molecule has 2 aliphatic heterocycles. The number of nitrogens with two attached hydrogens (primary N) is 1. The van der Waals surface area contributed by atoms with Gasteiger partial charge in [0.2, 0.25) is 0 Å². The molecule has 0 saturated carbocycles. The van der Waals surface area contributed by atoms with E-state index in [1.807, 2.05) is 0 Å². The molecule has 3 nitrogen and oxygen atoms in total. The van der Waals surface area contributed by atoms with E-state index in [4.69, 9.17) is 10.5 Å². The number of likely N-dealkylation sites (N-methyl/N-ethyl adjacent to an activating group) is 1. The third kappa shape index (κ3) is 0.849. The predicted molar refractivity (Wildman–Crippen MR) is 43.3 cm³/mol. The van der Waals surface area contributed by atoms with E-state index in [0.717, 1.165) is 26.3 Å². The zero-order chi connectivity index (χ0) is 8.11. The van der Waals surface area contributed by atoms with E-state index in [2.05, 4.69) is 18.9 Å². The second-order valence-corrected chi connectivity index (χ2v) is 4.36. The Kier molecular flexibility index (Phi) is 1.35. The van der Waals surface area contributed by atoms with Gasteiger partial charge >= 0.3 is 0 Å². The van der Waals surface area contributed by atoms with Crippen molar-refractivity contribution in [1.29, 1.82) is 0 Å². The second-order valence-electron chi connectivity index (χ2n) is 4.36. The Morgan fingerprint density at radius 1 is 1.36 bits per heavy atom. The molecule has 64 valence electrons. The van der Waals surface area contributed by atoms with Crippen LogP contribution in [-0.2, 0) is 4.74 Å². The number of hydrogen-bond donors (Lipinski definition) is 1. The number of rotatable bonds is 0. The topological polar surface area (TPSA) is 38.5 Å². The molecule has 2 saturated heterocycles. The van der Waals surface area contributed by atoms with Crippen LogP contribution < -0.4 is 5.73 Å². The summed E-state index contributed by atoms with van der Waals surface area (Å²) in [5.74, 6) is 0. The zero-order valence-corrected chi connectivity index (χ0v) is 7.26. The first-order valence-electron chi connectivity index (χ1n) is 4.11. The summed E-state index contributed by atoms with van der Waals surface area (Å²) in [6.07, 6.45) is 0. The minimum Gasteiger partial charge on any atom is -0.380 e. The van der Waals surface area contributed by atoms with Crippen molar-refractivity contribution in [2.75, 3.05) is 33.4 Å². The van der Waals surface area contributed by atoms with E-state index < -0.39 is 0 Å². The van der Waals surface area contributed by atoms with Crippen LogP contribution in [0.2, 0.25) is 0 Å². The molecule has 2 N–H and O–H groups in total. The molecular weight excluding hydrogens is 140 g/mol. The fourth-order valence-corrected chi connectivity index (χ4v) is 2.25. The molecule has 2 fully saturated rings. The Labute approximate surface area is 67.5 Å². The molecule has 0 aliphatic carbocycles. The molecule has 0 amide bonds. The number of ether oxygens (including phenoxy) is 1. The monoisotopic (exact) mass is 156 g/mol. The van der Waals surface area contributed by atoms with E-state index in [9.17, 15) is 0 Å². The molecule has 2 aliphatic rings. The van der Waals surface area contributed by atoms with Crippen LogP contribution in [0.4, 0.5) is 0 Å². The van der Waals surface area contributed by atoms with Gasteiger partial charge in [0.25, 0.3) is 0 Å². The maximum atomic E-state index is 6.19. The van der Waals surface area contributed by atoms with Crippen molar-refractivity contribution in [3.05, 3.63) is 0 Å². The first-order valence-corrected chi connectivity index (χ1v) is 4.11. The van der Waals surface area contributed by atoms with Crippen molar-refractivity contribution in [2.24, 2.45) is 11.1 Å². The van der Waals surface area contributed by atoms with Crippen LogP contribution >= 0.6 is 0 Å². The Morgan fingerprint density at radius 2 is 2.00 bits per heavy atom. The lowest BCUT2D eigenvalue weighted by molar-refractivity contribution is -0.130. The van der Waals surface area contributed by atoms with E-state index in [1.54, 1.807) is 0 Å². The van der Waals surface area contributed by atoms with Crippen LogP contribution in [0.25, 0.3) is 0 Å². The van der Waals surface area contributed by atoms with Gasteiger partial charge in [-0.15, -0.1) is 0 Å². The fourth-order valence-electron chi connectivity index (χ4n) is 2.25. The molecule has 0 aromatic carbocycles. The third-order valence-corrected chi connectivity index (χ3v) is 3.14. The van der Waals surface area contributed by atoms with Crippen LogP contribution in [0.5, 0.6) is 0 Å². The molecule has 11 heavy (non-hydrogen) atoms. The molecule has 1 atom stereocenters. The van der Waals surface area contributed by atoms with Crippen molar-refractivity contribution < 1.29 is 4.74 Å². The average Bonchev–Trinajstić information content (AvgIpc) is 1.98. The van der Waals surface area contributed by atoms with Crippen LogP contribution in [0.1, 0.15) is 6.92 Å². The van der Waals surface area contributed by atoms with Crippen molar-refractivity contribution in [3.63, 3.8) is 0 Å². The van der Waals surface area contributed by atoms with Crippen LogP contribution in [0.15, 0.2) is 0 Å². The minimum absolute atomic E-state index is 0.0417. The summed E-state index contributed by atoms with van der Waals surface area (Å²) < 4.78 is 5.24. The summed E-state index contributed by atoms with van der Waals surface area (Å²) in [7, 11) is 2.12. The van der Waals surface area contributed by atoms with Gasteiger partial charge in [-0.25, -0.2) is 0 Å². The van der Waals surface area contributed by atoms with Crippen molar-refractivity contribution in [3.8, 4) is 0 Å². The van der Waals surface area contributed by atoms with Gasteiger partial charge in [0.15, 0.2) is 0 Å². The standard InChI is InChI=1S/C8H16N2O/c1-7(9)3-10(2)4-8(7)5-11-6-8/h3-6,9H2,1-2H3/t7-/m1/s1. The van der Waals surface area contributed by atoms with Crippen LogP contribution in [0.3, 0.4) is 0 Å². The third-order valence-electron chi connectivity index (χ3n) is 3.14. The summed E-state index contributed by atoms with van der Waals surface area (Å²) in [4.78, 5) is 2.29. The quantitative estimate of drug-likeness (QED) is 0.522. The molecule has 2 heterocycles. The van der Waals surface area contributed by atoms with Crippen LogP contribution in [0, 0.1) is 5.41 Å². The highest BCUT2D eigenvalue weighted by molar-refractivity contribution is 5.11. The first-order chi connectivity index (χ1) is 5.06. The van der Waals surface area contributed by atoms with Crippen LogP contribution in [-0.4, -0.2) is 43.8 Å². The maximum Gasteiger partial charge on any atom is 0.0575 e. The zero-order valence-electron chi connectivity index (χ0n) is 7.26. The van der Waals surface area contributed by atoms with Gasteiger partial charge in [-0.1, -0.05) is 0 Å². The molecule has 1 spiro atoms. The smallest absolute Gasteiger partial charge is 0.0575 e. The molecular formula is C8H16N2O. The highest BCUT2D eigenvalue weighted by Gasteiger charge is 2.56. The Hall–Kier alpha value is -0.120. The Morgan fingerprint density at radius 3 is 2.18 bits per heavy atom. The summed E-state index contributed by atoms with van der Waals surface area (Å²) in [6, 6.07) is 0. The lowest BCUT2D eigenvalue weighted by Crippen LogP contribution is -2.62. The van der Waals surface area contributed by atoms with Crippen molar-refractivity contribution in [1.82, 2.24) is 4.90 Å². The summed E-state index contributed by atoms with van der Waals surface area (Å²) in [6.45, 7) is 5.93. The van der Waals surface area contributed by atoms with Gasteiger partial charge in [0.1, 0.15) is 0 Å². The lowest BCUT2D eigenvalue weighted by atomic mass is 9.72. The average molecular weight is 156 g/mol. The van der Waals surface area contributed by atoms with E-state index >= 15 is 0 Å². The van der Waals surface area contributed by atoms with E-state index in [0.29, 0.717) is 0 Å². The SMILES string of the molecule is CN1CC2(COC2)[C@](C)(N)C1. The molecule has 0 unspecified atom stereocenters. The molecule has 0 aromatic rings. The summed E-state index contributed by atoms with van der Waals surface area (Å²) >= 11 is 0. The van der Waals surface area contributed by atoms with Gasteiger partial charge < -0.3 is 15.4 Å². The predicted octanol–water partition coefficient (Wildman–Crippen LogP) is -0.334. The normalized spacial score (nSPS) is 42.8. The van der Waals surface area contributed by atoms with Gasteiger partial charge in [-0.05, 0) is 14.0 Å². The van der Waals surface area contributed by atoms with Gasteiger partial charge in [0, 0.05) is 24.0 Å². The van der Waals surface area contributed by atoms with E-state index in [1.165, 1.54) is 0 Å². The molecule has 0 aromatic heterocycles. The minimum atomic E-state index is -0.0417. The second kappa shape index (κ2) is 1.97.